The molecule has 0 aliphatic heterocycles. The quantitative estimate of drug-likeness (QED) is 0.305. The first-order valence-electron chi connectivity index (χ1n) is 9.94. The highest BCUT2D eigenvalue weighted by molar-refractivity contribution is 5.97. The van der Waals surface area contributed by atoms with Gasteiger partial charge in [0.2, 0.25) is 5.91 Å². The molecule has 27 heavy (non-hydrogen) atoms. The van der Waals surface area contributed by atoms with E-state index in [1.54, 1.807) is 6.92 Å². The van der Waals surface area contributed by atoms with Crippen LogP contribution in [0.5, 0.6) is 0 Å². The van der Waals surface area contributed by atoms with E-state index in [-0.39, 0.29) is 18.4 Å². The maximum absolute atomic E-state index is 11.7. The molecular formula is C22H33N3O2. The van der Waals surface area contributed by atoms with Crippen LogP contribution in [-0.2, 0) is 9.59 Å². The molecule has 0 aliphatic carbocycles. The van der Waals surface area contributed by atoms with Crippen LogP contribution in [0.1, 0.15) is 70.8 Å². The van der Waals surface area contributed by atoms with Crippen molar-refractivity contribution in [1.29, 1.82) is 0 Å². The van der Waals surface area contributed by atoms with Crippen LogP contribution in [0.2, 0.25) is 0 Å². The minimum atomic E-state index is -0.324. The Hall–Kier alpha value is -2.43. The van der Waals surface area contributed by atoms with Crippen molar-refractivity contribution < 1.29 is 9.59 Å². The summed E-state index contributed by atoms with van der Waals surface area (Å²) in [4.78, 5) is 23.5. The lowest BCUT2D eigenvalue weighted by molar-refractivity contribution is -0.126. The molecule has 0 radical (unpaired) electrons. The van der Waals surface area contributed by atoms with Gasteiger partial charge in [0.25, 0.3) is 5.91 Å². The normalized spacial score (nSPS) is 11.6. The number of nitrogens with zero attached hydrogens (tertiary/aromatic N) is 1. The Kier molecular flexibility index (Phi) is 12.3. The van der Waals surface area contributed by atoms with Crippen LogP contribution in [0.3, 0.4) is 0 Å². The second-order valence-corrected chi connectivity index (χ2v) is 6.68. The monoisotopic (exact) mass is 371 g/mol. The van der Waals surface area contributed by atoms with E-state index in [4.69, 9.17) is 0 Å². The van der Waals surface area contributed by atoms with Crippen LogP contribution in [0, 0.1) is 0 Å². The second-order valence-electron chi connectivity index (χ2n) is 6.68. The van der Waals surface area contributed by atoms with Crippen molar-refractivity contribution in [2.24, 2.45) is 5.10 Å². The number of amides is 2. The third kappa shape index (κ3) is 12.5. The predicted octanol–water partition coefficient (Wildman–Crippen LogP) is 4.45. The topological polar surface area (TPSA) is 70.6 Å². The Morgan fingerprint density at radius 1 is 0.963 bits per heavy atom. The van der Waals surface area contributed by atoms with Gasteiger partial charge in [0, 0.05) is 6.42 Å². The first-order chi connectivity index (χ1) is 13.1. The molecular weight excluding hydrogens is 338 g/mol. The number of allylic oxidation sites excluding steroid dienone is 1. The third-order valence-electron chi connectivity index (χ3n) is 4.13. The van der Waals surface area contributed by atoms with Crippen LogP contribution in [0.15, 0.2) is 41.5 Å². The number of hydrazone groups is 1. The molecule has 148 valence electrons. The molecule has 0 aliphatic rings. The Balaban J connectivity index is 2.13. The highest BCUT2D eigenvalue weighted by Gasteiger charge is 2.04. The fraction of sp³-hybridized carbons (Fsp3) is 0.500. The van der Waals surface area contributed by atoms with Gasteiger partial charge in [0.15, 0.2) is 0 Å². The summed E-state index contributed by atoms with van der Waals surface area (Å²) < 4.78 is 0. The molecule has 2 amide bonds. The molecule has 0 aromatic heterocycles. The smallest absolute Gasteiger partial charge is 0.259 e. The van der Waals surface area contributed by atoms with E-state index in [1.165, 1.54) is 32.1 Å². The Morgan fingerprint density at radius 2 is 1.63 bits per heavy atom. The van der Waals surface area contributed by atoms with Gasteiger partial charge in [-0.1, -0.05) is 81.9 Å². The van der Waals surface area contributed by atoms with Crippen molar-refractivity contribution in [1.82, 2.24) is 10.7 Å². The number of benzene rings is 1. The molecule has 1 aromatic carbocycles. The minimum absolute atomic E-state index is 0.0471. The van der Waals surface area contributed by atoms with Gasteiger partial charge < -0.3 is 5.32 Å². The summed E-state index contributed by atoms with van der Waals surface area (Å²) in [6, 6.07) is 9.86. The molecule has 0 atom stereocenters. The molecule has 0 spiro atoms. The molecule has 1 rings (SSSR count). The van der Waals surface area contributed by atoms with Crippen molar-refractivity contribution in [3.8, 4) is 0 Å². The van der Waals surface area contributed by atoms with E-state index in [0.717, 1.165) is 18.4 Å². The van der Waals surface area contributed by atoms with E-state index in [1.807, 2.05) is 42.5 Å². The fourth-order valence-electron chi connectivity index (χ4n) is 2.52. The Morgan fingerprint density at radius 3 is 2.33 bits per heavy atom. The molecule has 2 N–H and O–H groups in total. The van der Waals surface area contributed by atoms with Gasteiger partial charge in [-0.2, -0.15) is 5.10 Å². The Bertz CT molecular complexity index is 609. The summed E-state index contributed by atoms with van der Waals surface area (Å²) in [5, 5.41) is 6.64. The van der Waals surface area contributed by atoms with Crippen molar-refractivity contribution >= 4 is 23.6 Å². The molecule has 1 aromatic rings. The van der Waals surface area contributed by atoms with Crippen molar-refractivity contribution in [3.63, 3.8) is 0 Å². The van der Waals surface area contributed by atoms with Crippen LogP contribution in [0.4, 0.5) is 0 Å². The van der Waals surface area contributed by atoms with Crippen LogP contribution >= 0.6 is 0 Å². The van der Waals surface area contributed by atoms with Gasteiger partial charge in [-0.05, 0) is 25.0 Å². The maximum atomic E-state index is 11.7. The lowest BCUT2D eigenvalue weighted by Gasteiger charge is -2.05. The molecule has 0 unspecified atom stereocenters. The summed E-state index contributed by atoms with van der Waals surface area (Å²) in [5.74, 6) is -0.404. The fourth-order valence-corrected chi connectivity index (χ4v) is 2.52. The van der Waals surface area contributed by atoms with Crippen LogP contribution in [0.25, 0.3) is 6.08 Å². The molecule has 0 saturated carbocycles. The van der Waals surface area contributed by atoms with Gasteiger partial charge in [0.05, 0.1) is 12.3 Å². The molecule has 5 heteroatoms. The molecule has 0 saturated heterocycles. The second kappa shape index (κ2) is 14.7. The van der Waals surface area contributed by atoms with Gasteiger partial charge in [0.1, 0.15) is 0 Å². The zero-order chi connectivity index (χ0) is 19.7. The molecule has 0 bridgehead atoms. The number of nitrogens with one attached hydrogen (secondary N) is 2. The number of hydrogen-bond donors (Lipinski definition) is 2. The summed E-state index contributed by atoms with van der Waals surface area (Å²) >= 11 is 0. The van der Waals surface area contributed by atoms with E-state index < -0.39 is 0 Å². The predicted molar refractivity (Wildman–Crippen MR) is 112 cm³/mol. The van der Waals surface area contributed by atoms with E-state index in [0.29, 0.717) is 12.1 Å². The highest BCUT2D eigenvalue weighted by atomic mass is 16.2. The zero-order valence-electron chi connectivity index (χ0n) is 16.7. The molecule has 0 heterocycles. The summed E-state index contributed by atoms with van der Waals surface area (Å²) in [6.45, 7) is 3.96. The first kappa shape index (κ1) is 22.6. The van der Waals surface area contributed by atoms with Crippen molar-refractivity contribution in [2.75, 3.05) is 6.54 Å². The lowest BCUT2D eigenvalue weighted by Crippen LogP contribution is -2.35. The van der Waals surface area contributed by atoms with E-state index >= 15 is 0 Å². The maximum Gasteiger partial charge on any atom is 0.259 e. The number of unbranched alkanes of at least 4 members (excludes halogenated alkanes) is 6. The molecule has 5 nitrogen and oxygen atoms in total. The SMILES string of the molecule is CCCCCCCCCC(=O)NCC(=O)NN=C(C)C=Cc1ccccc1. The Labute approximate surface area is 163 Å². The van der Waals surface area contributed by atoms with Gasteiger partial charge in [-0.3, -0.25) is 9.59 Å². The largest absolute Gasteiger partial charge is 0.347 e. The zero-order valence-corrected chi connectivity index (χ0v) is 16.7. The average molecular weight is 372 g/mol. The van der Waals surface area contributed by atoms with E-state index in [9.17, 15) is 9.59 Å². The highest BCUT2D eigenvalue weighted by Crippen LogP contribution is 2.08. The number of carbonyl (C=O) groups is 2. The van der Waals surface area contributed by atoms with Gasteiger partial charge in [-0.15, -0.1) is 0 Å². The average Bonchev–Trinajstić information content (AvgIpc) is 2.69. The standard InChI is InChI=1S/C22H33N3O2/c1-3-4-5-6-7-8-12-15-21(26)23-18-22(27)25-24-19(2)16-17-20-13-10-9-11-14-20/h9-11,13-14,16-17H,3-8,12,15,18H2,1-2H3,(H,23,26)(H,25,27). The van der Waals surface area contributed by atoms with Crippen LogP contribution < -0.4 is 10.7 Å². The van der Waals surface area contributed by atoms with Gasteiger partial charge in [-0.25, -0.2) is 5.43 Å². The lowest BCUT2D eigenvalue weighted by atomic mass is 10.1. The summed E-state index contributed by atoms with van der Waals surface area (Å²) in [7, 11) is 0. The number of carbonyl (C=O) groups excluding carboxylic acids is 2. The van der Waals surface area contributed by atoms with Crippen LogP contribution in [-0.4, -0.2) is 24.1 Å². The summed E-state index contributed by atoms with van der Waals surface area (Å²) in [6.07, 6.45) is 12.4. The molecule has 0 fully saturated rings. The summed E-state index contributed by atoms with van der Waals surface area (Å²) in [5.41, 5.74) is 4.20. The third-order valence-corrected chi connectivity index (χ3v) is 4.13. The van der Waals surface area contributed by atoms with E-state index in [2.05, 4.69) is 22.8 Å². The van der Waals surface area contributed by atoms with Gasteiger partial charge >= 0.3 is 0 Å². The minimum Gasteiger partial charge on any atom is -0.347 e. The number of rotatable bonds is 13. The van der Waals surface area contributed by atoms with Crippen molar-refractivity contribution in [2.45, 2.75) is 65.2 Å². The van der Waals surface area contributed by atoms with Crippen molar-refractivity contribution in [3.05, 3.63) is 42.0 Å². The first-order valence-corrected chi connectivity index (χ1v) is 9.94. The number of hydrogen-bond acceptors (Lipinski definition) is 3.